The first-order valence-electron chi connectivity index (χ1n) is 8.28. The number of carbonyl (C=O) groups is 2. The largest absolute Gasteiger partial charge is 0.495 e. The highest BCUT2D eigenvalue weighted by molar-refractivity contribution is 6.31. The van der Waals surface area contributed by atoms with Gasteiger partial charge in [0.05, 0.1) is 12.8 Å². The number of hydrogen-bond donors (Lipinski definition) is 2. The van der Waals surface area contributed by atoms with Crippen LogP contribution < -0.4 is 15.4 Å². The van der Waals surface area contributed by atoms with E-state index in [1.165, 1.54) is 49.6 Å². The van der Waals surface area contributed by atoms with Crippen LogP contribution in [-0.4, -0.2) is 18.9 Å². The highest BCUT2D eigenvalue weighted by Gasteiger charge is 2.12. The molecule has 0 spiro atoms. The second-order valence-corrected chi connectivity index (χ2v) is 6.28. The molecule has 0 saturated heterocycles. The molecule has 2 amide bonds. The summed E-state index contributed by atoms with van der Waals surface area (Å²) >= 11 is 5.96. The maximum Gasteiger partial charge on any atom is 0.255 e. The van der Waals surface area contributed by atoms with Crippen LogP contribution in [0.5, 0.6) is 5.75 Å². The summed E-state index contributed by atoms with van der Waals surface area (Å²) < 4.78 is 18.4. The molecule has 0 aliphatic rings. The standard InChI is InChI=1S/C21H16ClFN2O3/c1-28-19-10-9-15(22)11-18(19)25-21(27)14-7-5-13(6-8-14)20(26)24-17-4-2-3-16(23)12-17/h2-12H,1H3,(H,24,26)(H,25,27). The molecule has 142 valence electrons. The first kappa shape index (κ1) is 19.4. The summed E-state index contributed by atoms with van der Waals surface area (Å²) in [5, 5.41) is 5.78. The number of benzene rings is 3. The number of nitrogens with one attached hydrogen (secondary N) is 2. The molecule has 0 saturated carbocycles. The first-order valence-corrected chi connectivity index (χ1v) is 8.66. The minimum atomic E-state index is -0.443. The number of carbonyl (C=O) groups excluding carboxylic acids is 2. The van der Waals surface area contributed by atoms with Gasteiger partial charge in [0.15, 0.2) is 0 Å². The molecule has 0 aliphatic heterocycles. The zero-order valence-electron chi connectivity index (χ0n) is 14.8. The van der Waals surface area contributed by atoms with Crippen LogP contribution in [0.2, 0.25) is 5.02 Å². The summed E-state index contributed by atoms with van der Waals surface area (Å²) in [7, 11) is 1.49. The summed E-state index contributed by atoms with van der Waals surface area (Å²) in [5.74, 6) is -0.753. The van der Waals surface area contributed by atoms with Gasteiger partial charge in [0, 0.05) is 21.8 Å². The van der Waals surface area contributed by atoms with Crippen molar-refractivity contribution < 1.29 is 18.7 Å². The van der Waals surface area contributed by atoms with Crippen molar-refractivity contribution in [2.75, 3.05) is 17.7 Å². The van der Waals surface area contributed by atoms with Crippen LogP contribution in [0.25, 0.3) is 0 Å². The van der Waals surface area contributed by atoms with Crippen LogP contribution in [0.4, 0.5) is 15.8 Å². The molecule has 3 rings (SSSR count). The summed E-state index contributed by atoms with van der Waals surface area (Å²) in [6.07, 6.45) is 0. The molecule has 28 heavy (non-hydrogen) atoms. The summed E-state index contributed by atoms with van der Waals surface area (Å²) in [4.78, 5) is 24.7. The normalized spacial score (nSPS) is 10.2. The van der Waals surface area contributed by atoms with Gasteiger partial charge in [-0.1, -0.05) is 17.7 Å². The third-order valence-corrected chi connectivity index (χ3v) is 4.14. The number of methoxy groups -OCH3 is 1. The Labute approximate surface area is 166 Å². The maximum absolute atomic E-state index is 13.2. The zero-order chi connectivity index (χ0) is 20.1. The second-order valence-electron chi connectivity index (χ2n) is 5.84. The van der Waals surface area contributed by atoms with Crippen molar-refractivity contribution in [1.29, 1.82) is 0 Å². The van der Waals surface area contributed by atoms with E-state index in [1.807, 2.05) is 0 Å². The lowest BCUT2D eigenvalue weighted by Crippen LogP contribution is -2.14. The van der Waals surface area contributed by atoms with Crippen molar-refractivity contribution in [2.45, 2.75) is 0 Å². The first-order chi connectivity index (χ1) is 13.5. The average molecular weight is 399 g/mol. The van der Waals surface area contributed by atoms with Gasteiger partial charge in [0.2, 0.25) is 0 Å². The van der Waals surface area contributed by atoms with Crippen molar-refractivity contribution in [1.82, 2.24) is 0 Å². The van der Waals surface area contributed by atoms with Gasteiger partial charge < -0.3 is 15.4 Å². The lowest BCUT2D eigenvalue weighted by atomic mass is 10.1. The third kappa shape index (κ3) is 4.66. The van der Waals surface area contributed by atoms with Crippen LogP contribution in [0.3, 0.4) is 0 Å². The molecule has 3 aromatic carbocycles. The van der Waals surface area contributed by atoms with Crippen molar-refractivity contribution in [3.63, 3.8) is 0 Å². The lowest BCUT2D eigenvalue weighted by molar-refractivity contribution is 0.101. The highest BCUT2D eigenvalue weighted by Crippen LogP contribution is 2.28. The Morgan fingerprint density at radius 1 is 0.893 bits per heavy atom. The molecule has 0 heterocycles. The Hall–Kier alpha value is -3.38. The fourth-order valence-electron chi connectivity index (χ4n) is 2.51. The van der Waals surface area contributed by atoms with Crippen molar-refractivity contribution in [3.05, 3.63) is 88.7 Å². The summed E-state index contributed by atoms with van der Waals surface area (Å²) in [6.45, 7) is 0. The quantitative estimate of drug-likeness (QED) is 0.636. The zero-order valence-corrected chi connectivity index (χ0v) is 15.6. The highest BCUT2D eigenvalue weighted by atomic mass is 35.5. The fourth-order valence-corrected chi connectivity index (χ4v) is 2.69. The summed E-state index contributed by atoms with van der Waals surface area (Å²) in [5.41, 5.74) is 1.47. The van der Waals surface area contributed by atoms with Gasteiger partial charge in [-0.3, -0.25) is 9.59 Å². The van der Waals surface area contributed by atoms with Gasteiger partial charge in [0.25, 0.3) is 11.8 Å². The molecule has 0 bridgehead atoms. The lowest BCUT2D eigenvalue weighted by Gasteiger charge is -2.11. The van der Waals surface area contributed by atoms with Gasteiger partial charge in [-0.2, -0.15) is 0 Å². The fraction of sp³-hybridized carbons (Fsp3) is 0.0476. The van der Waals surface area contributed by atoms with E-state index in [4.69, 9.17) is 16.3 Å². The van der Waals surface area contributed by atoms with Gasteiger partial charge in [-0.05, 0) is 60.7 Å². The van der Waals surface area contributed by atoms with Crippen LogP contribution in [-0.2, 0) is 0 Å². The van der Waals surface area contributed by atoms with Crippen molar-refractivity contribution in [2.24, 2.45) is 0 Å². The van der Waals surface area contributed by atoms with Crippen LogP contribution >= 0.6 is 11.6 Å². The Kier molecular flexibility index (Phi) is 5.91. The minimum Gasteiger partial charge on any atom is -0.495 e. The van der Waals surface area contributed by atoms with E-state index in [9.17, 15) is 14.0 Å². The van der Waals surface area contributed by atoms with E-state index < -0.39 is 11.7 Å². The predicted molar refractivity (Wildman–Crippen MR) is 107 cm³/mol. The molecule has 7 heteroatoms. The average Bonchev–Trinajstić information content (AvgIpc) is 2.68. The summed E-state index contributed by atoms with van der Waals surface area (Å²) in [6, 6.07) is 16.6. The number of ether oxygens (including phenoxy) is 1. The Bertz CT molecular complexity index is 1020. The molecule has 0 unspecified atom stereocenters. The maximum atomic E-state index is 13.2. The molecule has 0 atom stereocenters. The SMILES string of the molecule is COc1ccc(Cl)cc1NC(=O)c1ccc(C(=O)Nc2cccc(F)c2)cc1. The molecule has 0 fully saturated rings. The number of amides is 2. The number of rotatable bonds is 5. The Morgan fingerprint density at radius 2 is 1.54 bits per heavy atom. The van der Waals surface area contributed by atoms with E-state index in [1.54, 1.807) is 24.3 Å². The van der Waals surface area contributed by atoms with Gasteiger partial charge in [-0.25, -0.2) is 4.39 Å². The predicted octanol–water partition coefficient (Wildman–Crippen LogP) is 4.99. The second kappa shape index (κ2) is 8.54. The molecule has 2 N–H and O–H groups in total. The Morgan fingerprint density at radius 3 is 2.14 bits per heavy atom. The van der Waals surface area contributed by atoms with Crippen LogP contribution in [0, 0.1) is 5.82 Å². The molecule has 0 aliphatic carbocycles. The Balaban J connectivity index is 1.71. The molecule has 3 aromatic rings. The molecule has 0 aromatic heterocycles. The van der Waals surface area contributed by atoms with E-state index >= 15 is 0 Å². The molecular weight excluding hydrogens is 383 g/mol. The monoisotopic (exact) mass is 398 g/mol. The van der Waals surface area contributed by atoms with Gasteiger partial charge >= 0.3 is 0 Å². The number of anilines is 2. The van der Waals surface area contributed by atoms with Gasteiger partial charge in [-0.15, -0.1) is 0 Å². The topological polar surface area (TPSA) is 67.4 Å². The molecule has 0 radical (unpaired) electrons. The number of halogens is 2. The number of hydrogen-bond acceptors (Lipinski definition) is 3. The van der Waals surface area contributed by atoms with Crippen LogP contribution in [0.1, 0.15) is 20.7 Å². The third-order valence-electron chi connectivity index (χ3n) is 3.90. The molecule has 5 nitrogen and oxygen atoms in total. The van der Waals surface area contributed by atoms with E-state index in [-0.39, 0.29) is 5.91 Å². The van der Waals surface area contributed by atoms with Gasteiger partial charge in [0.1, 0.15) is 11.6 Å². The van der Waals surface area contributed by atoms with E-state index in [0.29, 0.717) is 33.3 Å². The molecular formula is C21H16ClFN2O3. The van der Waals surface area contributed by atoms with E-state index in [2.05, 4.69) is 10.6 Å². The van der Waals surface area contributed by atoms with Crippen LogP contribution in [0.15, 0.2) is 66.7 Å². The minimum absolute atomic E-state index is 0.334. The smallest absolute Gasteiger partial charge is 0.255 e. The van der Waals surface area contributed by atoms with Crippen molar-refractivity contribution in [3.8, 4) is 5.75 Å². The van der Waals surface area contributed by atoms with Crippen molar-refractivity contribution >= 4 is 34.8 Å². The van der Waals surface area contributed by atoms with E-state index in [0.717, 1.165) is 0 Å².